The van der Waals surface area contributed by atoms with E-state index in [4.69, 9.17) is 0 Å². The van der Waals surface area contributed by atoms with Crippen molar-refractivity contribution in [1.29, 1.82) is 0 Å². The first-order chi connectivity index (χ1) is 12.4. The highest BCUT2D eigenvalue weighted by Gasteiger charge is 2.34. The number of sulfone groups is 1. The van der Waals surface area contributed by atoms with Crippen molar-refractivity contribution in [3.05, 3.63) is 54.1 Å². The number of amides is 1. The van der Waals surface area contributed by atoms with Crippen LogP contribution in [0.2, 0.25) is 0 Å². The van der Waals surface area contributed by atoms with Gasteiger partial charge in [0.05, 0.1) is 11.5 Å². The first kappa shape index (κ1) is 18.3. The summed E-state index contributed by atoms with van der Waals surface area (Å²) in [5.41, 5.74) is 1.38. The van der Waals surface area contributed by atoms with Gasteiger partial charge in [-0.15, -0.1) is 0 Å². The first-order valence-electron chi connectivity index (χ1n) is 8.38. The van der Waals surface area contributed by atoms with Gasteiger partial charge in [0, 0.05) is 30.2 Å². The molecule has 1 aromatic carbocycles. The first-order valence-corrected chi connectivity index (χ1v) is 10.2. The molecule has 0 bridgehead atoms. The number of carbonyl (C=O) groups is 1. The van der Waals surface area contributed by atoms with Crippen molar-refractivity contribution in [2.24, 2.45) is 0 Å². The number of anilines is 2. The van der Waals surface area contributed by atoms with Crippen LogP contribution in [-0.2, 0) is 9.84 Å². The topological polar surface area (TPSA) is 79.4 Å². The summed E-state index contributed by atoms with van der Waals surface area (Å²) in [6.07, 6.45) is 1.94. The Morgan fingerprint density at radius 3 is 2.73 bits per heavy atom. The van der Waals surface area contributed by atoms with E-state index in [1.165, 1.54) is 18.3 Å². The van der Waals surface area contributed by atoms with Gasteiger partial charge in [-0.2, -0.15) is 0 Å². The van der Waals surface area contributed by atoms with Crippen LogP contribution in [0.1, 0.15) is 23.8 Å². The molecule has 0 aliphatic carbocycles. The van der Waals surface area contributed by atoms with Gasteiger partial charge >= 0.3 is 0 Å². The van der Waals surface area contributed by atoms with E-state index in [0.29, 0.717) is 24.3 Å². The average molecular weight is 377 g/mol. The molecule has 2 heterocycles. The largest absolute Gasteiger partial charge is 0.355 e. The lowest BCUT2D eigenvalue weighted by Crippen LogP contribution is -2.41. The number of nitrogens with one attached hydrogen (secondary N) is 1. The molecule has 1 unspecified atom stereocenters. The molecule has 1 aromatic heterocycles. The molecule has 8 heteroatoms. The van der Waals surface area contributed by atoms with Crippen LogP contribution >= 0.6 is 0 Å². The lowest BCUT2D eigenvalue weighted by molar-refractivity contribution is 0.0702. The number of benzene rings is 1. The normalized spacial score (nSPS) is 18.5. The molecule has 1 saturated heterocycles. The molecule has 26 heavy (non-hydrogen) atoms. The number of hydrogen-bond donors (Lipinski definition) is 1. The van der Waals surface area contributed by atoms with Gasteiger partial charge in [0.2, 0.25) is 0 Å². The molecular weight excluding hydrogens is 357 g/mol. The fraction of sp³-hybridized carbons (Fsp3) is 0.333. The van der Waals surface area contributed by atoms with Crippen LogP contribution in [0.15, 0.2) is 42.6 Å². The third-order valence-electron chi connectivity index (χ3n) is 4.34. The Hall–Kier alpha value is -2.48. The Kier molecular flexibility index (Phi) is 5.22. The summed E-state index contributed by atoms with van der Waals surface area (Å²) in [4.78, 5) is 18.5. The molecule has 6 nitrogen and oxygen atoms in total. The quantitative estimate of drug-likeness (QED) is 0.866. The van der Waals surface area contributed by atoms with Crippen molar-refractivity contribution in [2.75, 3.05) is 23.4 Å². The van der Waals surface area contributed by atoms with E-state index in [9.17, 15) is 17.6 Å². The van der Waals surface area contributed by atoms with Gasteiger partial charge in [-0.05, 0) is 43.7 Å². The Morgan fingerprint density at radius 2 is 2.08 bits per heavy atom. The molecule has 1 aliphatic heterocycles. The van der Waals surface area contributed by atoms with E-state index in [0.717, 1.165) is 0 Å². The number of halogens is 1. The van der Waals surface area contributed by atoms with Crippen molar-refractivity contribution >= 4 is 27.1 Å². The minimum absolute atomic E-state index is 0.00614. The smallest absolute Gasteiger partial charge is 0.272 e. The Balaban J connectivity index is 1.79. The van der Waals surface area contributed by atoms with Crippen molar-refractivity contribution in [3.8, 4) is 0 Å². The average Bonchev–Trinajstić information content (AvgIpc) is 2.95. The molecule has 1 N–H and O–H groups in total. The molecule has 1 atom stereocenters. The third-order valence-corrected chi connectivity index (χ3v) is 6.09. The molecule has 0 radical (unpaired) electrons. The molecular formula is C18H20FN3O3S. The van der Waals surface area contributed by atoms with E-state index in [1.807, 2.05) is 6.92 Å². The second-order valence-corrected chi connectivity index (χ2v) is 8.44. The van der Waals surface area contributed by atoms with Crippen molar-refractivity contribution in [1.82, 2.24) is 9.88 Å². The second kappa shape index (κ2) is 7.41. The lowest BCUT2D eigenvalue weighted by atomic mass is 10.2. The Morgan fingerprint density at radius 1 is 1.31 bits per heavy atom. The molecule has 0 saturated carbocycles. The molecule has 138 valence electrons. The van der Waals surface area contributed by atoms with Crippen LogP contribution < -0.4 is 5.32 Å². The summed E-state index contributed by atoms with van der Waals surface area (Å²) in [7, 11) is -3.08. The van der Waals surface area contributed by atoms with Crippen LogP contribution in [0.4, 0.5) is 15.8 Å². The Bertz CT molecular complexity index is 917. The molecule has 1 fully saturated rings. The van der Waals surface area contributed by atoms with Crippen molar-refractivity contribution < 1.29 is 17.6 Å². The summed E-state index contributed by atoms with van der Waals surface area (Å²) >= 11 is 0. The monoisotopic (exact) mass is 377 g/mol. The highest BCUT2D eigenvalue weighted by Crippen LogP contribution is 2.21. The highest BCUT2D eigenvalue weighted by atomic mass is 32.2. The molecule has 2 aromatic rings. The van der Waals surface area contributed by atoms with Crippen LogP contribution in [0.5, 0.6) is 0 Å². The van der Waals surface area contributed by atoms with E-state index < -0.39 is 9.84 Å². The zero-order valence-electron chi connectivity index (χ0n) is 14.4. The van der Waals surface area contributed by atoms with Crippen LogP contribution in [0.3, 0.4) is 0 Å². The SMILES string of the molecule is CCN(C(=O)c1cc(Nc2cccc(F)c2)ccn1)C1CCS(=O)(=O)C1. The third kappa shape index (κ3) is 4.19. The van der Waals surface area contributed by atoms with Gasteiger partial charge in [-0.1, -0.05) is 6.07 Å². The predicted octanol–water partition coefficient (Wildman–Crippen LogP) is 2.61. The lowest BCUT2D eigenvalue weighted by Gasteiger charge is -2.26. The van der Waals surface area contributed by atoms with Gasteiger partial charge in [-0.25, -0.2) is 12.8 Å². The van der Waals surface area contributed by atoms with Crippen molar-refractivity contribution in [3.63, 3.8) is 0 Å². The number of aromatic nitrogens is 1. The summed E-state index contributed by atoms with van der Waals surface area (Å²) in [5, 5.41) is 3.03. The van der Waals surface area contributed by atoms with Gasteiger partial charge in [0.1, 0.15) is 11.5 Å². The van der Waals surface area contributed by atoms with E-state index in [1.54, 1.807) is 29.2 Å². The number of nitrogens with zero attached hydrogens (tertiary/aromatic N) is 2. The van der Waals surface area contributed by atoms with E-state index >= 15 is 0 Å². The van der Waals surface area contributed by atoms with Gasteiger partial charge in [0.15, 0.2) is 9.84 Å². The maximum atomic E-state index is 13.3. The standard InChI is InChI=1S/C18H20FN3O3S/c1-2-22(16-7-9-26(24,25)12-16)18(23)17-11-15(6-8-20-17)21-14-5-3-4-13(19)10-14/h3-6,8,10-11,16H,2,7,9,12H2,1H3,(H,20,21). The minimum Gasteiger partial charge on any atom is -0.355 e. The summed E-state index contributed by atoms with van der Waals surface area (Å²) in [6.45, 7) is 2.22. The van der Waals surface area contributed by atoms with E-state index in [2.05, 4.69) is 10.3 Å². The molecule has 1 aliphatic rings. The second-order valence-electron chi connectivity index (χ2n) is 6.21. The fourth-order valence-corrected chi connectivity index (χ4v) is 4.82. The fourth-order valence-electron chi connectivity index (χ4n) is 3.09. The van der Waals surface area contributed by atoms with E-state index in [-0.39, 0.29) is 35.0 Å². The van der Waals surface area contributed by atoms with Crippen LogP contribution in [0.25, 0.3) is 0 Å². The van der Waals surface area contributed by atoms with Gasteiger partial charge in [-0.3, -0.25) is 9.78 Å². The Labute approximate surface area is 152 Å². The van der Waals surface area contributed by atoms with Crippen LogP contribution in [0, 0.1) is 5.82 Å². The minimum atomic E-state index is -3.08. The van der Waals surface area contributed by atoms with Gasteiger partial charge < -0.3 is 10.2 Å². The van der Waals surface area contributed by atoms with Gasteiger partial charge in [0.25, 0.3) is 5.91 Å². The summed E-state index contributed by atoms with van der Waals surface area (Å²) in [6, 6.07) is 8.94. The molecule has 0 spiro atoms. The molecule has 3 rings (SSSR count). The maximum Gasteiger partial charge on any atom is 0.272 e. The van der Waals surface area contributed by atoms with Crippen LogP contribution in [-0.4, -0.2) is 48.3 Å². The van der Waals surface area contributed by atoms with Crippen molar-refractivity contribution in [2.45, 2.75) is 19.4 Å². The highest BCUT2D eigenvalue weighted by molar-refractivity contribution is 7.91. The zero-order valence-corrected chi connectivity index (χ0v) is 15.2. The predicted molar refractivity (Wildman–Crippen MR) is 97.7 cm³/mol. The molecule has 1 amide bonds. The summed E-state index contributed by atoms with van der Waals surface area (Å²) in [5.74, 6) is -0.568. The summed E-state index contributed by atoms with van der Waals surface area (Å²) < 4.78 is 36.7. The number of hydrogen-bond acceptors (Lipinski definition) is 5. The number of rotatable bonds is 5. The zero-order chi connectivity index (χ0) is 18.7. The maximum absolute atomic E-state index is 13.3. The number of pyridine rings is 1. The number of carbonyl (C=O) groups excluding carboxylic acids is 1.